The van der Waals surface area contributed by atoms with Crippen LogP contribution in [0.3, 0.4) is 0 Å². The van der Waals surface area contributed by atoms with E-state index in [9.17, 15) is 18.0 Å². The number of carbonyl (C=O) groups is 1. The number of hydrogen-bond acceptors (Lipinski definition) is 4. The van der Waals surface area contributed by atoms with Crippen molar-refractivity contribution in [2.75, 3.05) is 12.4 Å². The predicted octanol–water partition coefficient (Wildman–Crippen LogP) is 5.33. The normalized spacial score (nSPS) is 11.5. The van der Waals surface area contributed by atoms with E-state index >= 15 is 0 Å². The highest BCUT2D eigenvalue weighted by atomic mass is 35.5. The highest BCUT2D eigenvalue weighted by Crippen LogP contribution is 2.32. The molecule has 0 aliphatic heterocycles. The molecule has 0 aliphatic rings. The number of aromatic nitrogens is 3. The molecule has 0 spiro atoms. The fourth-order valence-electron chi connectivity index (χ4n) is 2.96. The molecule has 6 nitrogen and oxygen atoms in total. The summed E-state index contributed by atoms with van der Waals surface area (Å²) in [4.78, 5) is 16.8. The number of anilines is 1. The smallest absolute Gasteiger partial charge is 0.433 e. The average Bonchev–Trinajstić information content (AvgIpc) is 3.16. The van der Waals surface area contributed by atoms with Crippen molar-refractivity contribution in [2.24, 2.45) is 0 Å². The van der Waals surface area contributed by atoms with Gasteiger partial charge in [0.15, 0.2) is 17.0 Å². The minimum Gasteiger partial charge on any atom is -0.497 e. The Balaban J connectivity index is 1.77. The SMILES string of the molecule is COc1ccc(-c2cc(C(F)(F)F)n3nc(C(=O)Nc4cccc(Cl)c4)cc3n2)cc1. The van der Waals surface area contributed by atoms with Gasteiger partial charge in [0.2, 0.25) is 0 Å². The first-order chi connectivity index (χ1) is 14.7. The topological polar surface area (TPSA) is 68.5 Å². The number of amides is 1. The van der Waals surface area contributed by atoms with Gasteiger partial charge in [0, 0.05) is 22.3 Å². The summed E-state index contributed by atoms with van der Waals surface area (Å²) in [6.07, 6.45) is -4.71. The van der Waals surface area contributed by atoms with Crippen LogP contribution in [0.15, 0.2) is 60.7 Å². The summed E-state index contributed by atoms with van der Waals surface area (Å²) >= 11 is 5.89. The molecule has 0 saturated carbocycles. The van der Waals surface area contributed by atoms with Gasteiger partial charge in [-0.05, 0) is 48.5 Å². The number of hydrogen-bond donors (Lipinski definition) is 1. The van der Waals surface area contributed by atoms with Gasteiger partial charge >= 0.3 is 6.18 Å². The Morgan fingerprint density at radius 3 is 2.48 bits per heavy atom. The molecule has 31 heavy (non-hydrogen) atoms. The molecule has 4 rings (SSSR count). The standard InChI is InChI=1S/C21H14ClF3N4O2/c1-31-15-7-5-12(6-8-15)16-10-18(21(23,24)25)29-19(27-16)11-17(28-29)20(30)26-14-4-2-3-13(22)9-14/h2-11H,1H3,(H,26,30). The third-order valence-corrected chi connectivity index (χ3v) is 4.65. The second-order valence-corrected chi connectivity index (χ2v) is 6.95. The molecule has 0 unspecified atom stereocenters. The van der Waals surface area contributed by atoms with Crippen LogP contribution >= 0.6 is 11.6 Å². The molecule has 0 saturated heterocycles. The van der Waals surface area contributed by atoms with Crippen molar-refractivity contribution in [2.45, 2.75) is 6.18 Å². The number of benzene rings is 2. The number of alkyl halides is 3. The van der Waals surface area contributed by atoms with E-state index in [0.29, 0.717) is 26.5 Å². The Kier molecular flexibility index (Phi) is 5.28. The zero-order chi connectivity index (χ0) is 22.2. The number of rotatable bonds is 4. The van der Waals surface area contributed by atoms with Gasteiger partial charge in [-0.2, -0.15) is 18.3 Å². The van der Waals surface area contributed by atoms with Gasteiger partial charge in [0.1, 0.15) is 5.75 Å². The van der Waals surface area contributed by atoms with Gasteiger partial charge in [-0.3, -0.25) is 4.79 Å². The van der Waals surface area contributed by atoms with Crippen LogP contribution in [0, 0.1) is 0 Å². The van der Waals surface area contributed by atoms with Crippen LogP contribution in [0.2, 0.25) is 5.02 Å². The predicted molar refractivity (Wildman–Crippen MR) is 109 cm³/mol. The summed E-state index contributed by atoms with van der Waals surface area (Å²) in [5.41, 5.74) is -0.451. The fourth-order valence-corrected chi connectivity index (χ4v) is 3.15. The van der Waals surface area contributed by atoms with Gasteiger partial charge in [-0.1, -0.05) is 17.7 Å². The molecule has 0 radical (unpaired) electrons. The zero-order valence-electron chi connectivity index (χ0n) is 15.9. The Bertz CT molecular complexity index is 1270. The number of methoxy groups -OCH3 is 1. The van der Waals surface area contributed by atoms with Gasteiger partial charge in [-0.25, -0.2) is 9.50 Å². The first kappa shape index (κ1) is 20.7. The molecular weight excluding hydrogens is 433 g/mol. The molecule has 2 heterocycles. The summed E-state index contributed by atoms with van der Waals surface area (Å²) in [5.74, 6) is -0.128. The summed E-state index contributed by atoms with van der Waals surface area (Å²) < 4.78 is 46.8. The van der Waals surface area contributed by atoms with Crippen molar-refractivity contribution in [3.05, 3.63) is 77.1 Å². The fraction of sp³-hybridized carbons (Fsp3) is 0.0952. The Labute approximate surface area is 179 Å². The first-order valence-electron chi connectivity index (χ1n) is 8.94. The Morgan fingerprint density at radius 2 is 1.84 bits per heavy atom. The number of nitrogens with zero attached hydrogens (tertiary/aromatic N) is 3. The van der Waals surface area contributed by atoms with Gasteiger partial charge in [0.25, 0.3) is 5.91 Å². The maximum Gasteiger partial charge on any atom is 0.433 e. The third-order valence-electron chi connectivity index (χ3n) is 4.42. The van der Waals surface area contributed by atoms with Crippen molar-refractivity contribution < 1.29 is 22.7 Å². The molecule has 1 amide bonds. The monoisotopic (exact) mass is 446 g/mol. The Morgan fingerprint density at radius 1 is 1.10 bits per heavy atom. The van der Waals surface area contributed by atoms with Crippen LogP contribution < -0.4 is 10.1 Å². The van der Waals surface area contributed by atoms with E-state index < -0.39 is 17.8 Å². The lowest BCUT2D eigenvalue weighted by Crippen LogP contribution is -2.15. The van der Waals surface area contributed by atoms with Crippen LogP contribution in [0.4, 0.5) is 18.9 Å². The van der Waals surface area contributed by atoms with Crippen LogP contribution in [0.1, 0.15) is 16.2 Å². The zero-order valence-corrected chi connectivity index (χ0v) is 16.7. The van der Waals surface area contributed by atoms with E-state index in [1.54, 1.807) is 42.5 Å². The minimum atomic E-state index is -4.71. The number of carbonyl (C=O) groups excluding carboxylic acids is 1. The number of ether oxygens (including phenoxy) is 1. The maximum absolute atomic E-state index is 13.7. The molecule has 0 atom stereocenters. The van der Waals surface area contributed by atoms with E-state index in [2.05, 4.69) is 15.4 Å². The van der Waals surface area contributed by atoms with Crippen LogP contribution in [0.25, 0.3) is 16.9 Å². The van der Waals surface area contributed by atoms with Crippen LogP contribution in [-0.2, 0) is 6.18 Å². The summed E-state index contributed by atoms with van der Waals surface area (Å²) in [5, 5.41) is 6.78. The first-order valence-corrected chi connectivity index (χ1v) is 9.32. The van der Waals surface area contributed by atoms with Crippen molar-refractivity contribution in [1.82, 2.24) is 14.6 Å². The van der Waals surface area contributed by atoms with Crippen molar-refractivity contribution >= 4 is 28.8 Å². The lowest BCUT2D eigenvalue weighted by molar-refractivity contribution is -0.142. The molecule has 0 fully saturated rings. The van der Waals surface area contributed by atoms with E-state index in [1.165, 1.54) is 19.2 Å². The van der Waals surface area contributed by atoms with E-state index in [-0.39, 0.29) is 17.0 Å². The molecule has 2 aromatic heterocycles. The molecular formula is C21H14ClF3N4O2. The molecule has 10 heteroatoms. The summed E-state index contributed by atoms with van der Waals surface area (Å²) in [6.45, 7) is 0. The maximum atomic E-state index is 13.7. The van der Waals surface area contributed by atoms with Crippen LogP contribution in [0.5, 0.6) is 5.75 Å². The number of fused-ring (bicyclic) bond motifs is 1. The van der Waals surface area contributed by atoms with Crippen LogP contribution in [-0.4, -0.2) is 27.6 Å². The summed E-state index contributed by atoms with van der Waals surface area (Å²) in [7, 11) is 1.49. The van der Waals surface area contributed by atoms with Gasteiger partial charge in [0.05, 0.1) is 12.8 Å². The Hall–Kier alpha value is -3.59. The highest BCUT2D eigenvalue weighted by Gasteiger charge is 2.35. The van der Waals surface area contributed by atoms with Crippen molar-refractivity contribution in [3.8, 4) is 17.0 Å². The number of halogens is 4. The lowest BCUT2D eigenvalue weighted by Gasteiger charge is -2.11. The third kappa shape index (κ3) is 4.31. The van der Waals surface area contributed by atoms with Crippen molar-refractivity contribution in [1.29, 1.82) is 0 Å². The molecule has 1 N–H and O–H groups in total. The second-order valence-electron chi connectivity index (χ2n) is 6.52. The quantitative estimate of drug-likeness (QED) is 0.460. The summed E-state index contributed by atoms with van der Waals surface area (Å²) in [6, 6.07) is 14.9. The van der Waals surface area contributed by atoms with Crippen molar-refractivity contribution in [3.63, 3.8) is 0 Å². The average molecular weight is 447 g/mol. The van der Waals surface area contributed by atoms with Gasteiger partial charge in [-0.15, -0.1) is 0 Å². The molecule has 2 aromatic carbocycles. The number of nitrogens with one attached hydrogen (secondary N) is 1. The van der Waals surface area contributed by atoms with Gasteiger partial charge < -0.3 is 10.1 Å². The molecule has 0 aliphatic carbocycles. The lowest BCUT2D eigenvalue weighted by atomic mass is 10.1. The molecule has 0 bridgehead atoms. The van der Waals surface area contributed by atoms with E-state index in [4.69, 9.17) is 16.3 Å². The minimum absolute atomic E-state index is 0.0872. The molecule has 4 aromatic rings. The second kappa shape index (κ2) is 7.92. The largest absolute Gasteiger partial charge is 0.497 e. The molecule has 158 valence electrons. The van der Waals surface area contributed by atoms with E-state index in [0.717, 1.165) is 6.07 Å². The highest BCUT2D eigenvalue weighted by molar-refractivity contribution is 6.30. The van der Waals surface area contributed by atoms with E-state index in [1.807, 2.05) is 0 Å².